The number of nitrogens with zero attached hydrogens (tertiary/aromatic N) is 2. The van der Waals surface area contributed by atoms with Crippen molar-refractivity contribution in [1.29, 1.82) is 0 Å². The van der Waals surface area contributed by atoms with Crippen molar-refractivity contribution in [3.05, 3.63) is 0 Å². The first-order valence-corrected chi connectivity index (χ1v) is 11.3. The molecular weight excluding hydrogens is 405 g/mol. The molecule has 3 aliphatic rings. The van der Waals surface area contributed by atoms with Crippen molar-refractivity contribution in [1.82, 2.24) is 15.1 Å². The van der Waals surface area contributed by atoms with Crippen LogP contribution in [0, 0.1) is 5.92 Å². The third-order valence-corrected chi connectivity index (χ3v) is 7.21. The Labute approximate surface area is 182 Å². The van der Waals surface area contributed by atoms with Crippen molar-refractivity contribution < 1.29 is 28.7 Å². The number of imide groups is 1. The summed E-state index contributed by atoms with van der Waals surface area (Å²) in [4.78, 5) is 52.5. The Morgan fingerprint density at radius 1 is 1.23 bits per heavy atom. The average molecular weight is 440 g/mol. The minimum atomic E-state index is -1.98. The Kier molecular flexibility index (Phi) is 6.74. The molecular formula is C22H34FN3O5. The second kappa shape index (κ2) is 8.84. The minimum absolute atomic E-state index is 0.117. The standard InChI is InChI=1S/C22H34FN3O5/c1-4-15(26-16(27)7-8-17(26)28)20(30)25-12-9-14(13-25)21(2,3)24-19(29)18(23)22(31)10-5-6-11-22/h14-15,18,31H,4-13H2,1-3H3,(H,24,29). The molecule has 3 fully saturated rings. The van der Waals surface area contributed by atoms with E-state index in [1.54, 1.807) is 25.7 Å². The van der Waals surface area contributed by atoms with Crippen LogP contribution in [0.1, 0.15) is 72.1 Å². The number of likely N-dealkylation sites (tertiary alicyclic amines) is 2. The van der Waals surface area contributed by atoms with Gasteiger partial charge in [0.1, 0.15) is 11.6 Å². The fraction of sp³-hybridized carbons (Fsp3) is 0.818. The van der Waals surface area contributed by atoms with Crippen LogP contribution in [-0.2, 0) is 19.2 Å². The summed E-state index contributed by atoms with van der Waals surface area (Å²) < 4.78 is 14.7. The molecule has 31 heavy (non-hydrogen) atoms. The predicted molar refractivity (Wildman–Crippen MR) is 110 cm³/mol. The third-order valence-electron chi connectivity index (χ3n) is 7.21. The molecule has 0 radical (unpaired) electrons. The normalized spacial score (nSPS) is 25.8. The molecule has 9 heteroatoms. The number of hydrogen-bond donors (Lipinski definition) is 2. The highest BCUT2D eigenvalue weighted by molar-refractivity contribution is 6.05. The number of rotatable bonds is 7. The van der Waals surface area contributed by atoms with Crippen molar-refractivity contribution in [2.45, 2.75) is 95.5 Å². The van der Waals surface area contributed by atoms with E-state index in [1.807, 2.05) is 0 Å². The van der Waals surface area contributed by atoms with E-state index >= 15 is 0 Å². The average Bonchev–Trinajstić information content (AvgIpc) is 3.44. The molecule has 1 saturated carbocycles. The number of alkyl halides is 1. The lowest BCUT2D eigenvalue weighted by atomic mass is 9.85. The van der Waals surface area contributed by atoms with E-state index in [1.165, 1.54) is 0 Å². The fourth-order valence-electron chi connectivity index (χ4n) is 5.14. The molecule has 2 saturated heterocycles. The van der Waals surface area contributed by atoms with Gasteiger partial charge in [0.05, 0.1) is 0 Å². The number of aliphatic hydroxyl groups is 1. The molecule has 3 rings (SSSR count). The molecule has 2 N–H and O–H groups in total. The van der Waals surface area contributed by atoms with Gasteiger partial charge in [0, 0.05) is 37.4 Å². The maximum absolute atomic E-state index is 14.7. The molecule has 3 atom stereocenters. The van der Waals surface area contributed by atoms with Crippen LogP contribution in [0.4, 0.5) is 4.39 Å². The molecule has 8 nitrogen and oxygen atoms in total. The van der Waals surface area contributed by atoms with Gasteiger partial charge in [-0.05, 0) is 39.5 Å². The molecule has 0 aromatic rings. The molecule has 3 unspecified atom stereocenters. The molecule has 0 aromatic carbocycles. The van der Waals surface area contributed by atoms with Crippen LogP contribution in [0.3, 0.4) is 0 Å². The van der Waals surface area contributed by atoms with Crippen molar-refractivity contribution in [2.75, 3.05) is 13.1 Å². The molecule has 2 heterocycles. The molecule has 0 bridgehead atoms. The first-order valence-electron chi connectivity index (χ1n) is 11.3. The van der Waals surface area contributed by atoms with E-state index in [0.29, 0.717) is 38.8 Å². The molecule has 1 aliphatic carbocycles. The zero-order valence-corrected chi connectivity index (χ0v) is 18.7. The Bertz CT molecular complexity index is 733. The lowest BCUT2D eigenvalue weighted by Crippen LogP contribution is -2.56. The smallest absolute Gasteiger partial charge is 0.258 e. The highest BCUT2D eigenvalue weighted by Crippen LogP contribution is 2.35. The Morgan fingerprint density at radius 2 is 1.81 bits per heavy atom. The van der Waals surface area contributed by atoms with Crippen LogP contribution < -0.4 is 5.32 Å². The summed E-state index contributed by atoms with van der Waals surface area (Å²) in [5.41, 5.74) is -2.38. The van der Waals surface area contributed by atoms with E-state index < -0.39 is 29.3 Å². The van der Waals surface area contributed by atoms with Crippen LogP contribution in [0.2, 0.25) is 0 Å². The molecule has 4 amide bonds. The van der Waals surface area contributed by atoms with Gasteiger partial charge in [0.15, 0.2) is 0 Å². The number of halogens is 1. The summed E-state index contributed by atoms with van der Waals surface area (Å²) in [7, 11) is 0. The van der Waals surface area contributed by atoms with Gasteiger partial charge in [-0.3, -0.25) is 24.1 Å². The lowest BCUT2D eigenvalue weighted by molar-refractivity contribution is -0.150. The Hall–Kier alpha value is -2.03. The highest BCUT2D eigenvalue weighted by Gasteiger charge is 2.47. The fourth-order valence-corrected chi connectivity index (χ4v) is 5.14. The summed E-state index contributed by atoms with van der Waals surface area (Å²) in [6, 6.07) is -0.800. The van der Waals surface area contributed by atoms with Crippen molar-refractivity contribution in [2.24, 2.45) is 5.92 Å². The second-order valence-electron chi connectivity index (χ2n) is 9.74. The van der Waals surface area contributed by atoms with Gasteiger partial charge in [-0.15, -0.1) is 0 Å². The SMILES string of the molecule is CCC(C(=O)N1CCC(C(C)(C)NC(=O)C(F)C2(O)CCCC2)C1)N1C(=O)CCC1=O. The monoisotopic (exact) mass is 439 g/mol. The summed E-state index contributed by atoms with van der Waals surface area (Å²) in [5, 5.41) is 13.1. The molecule has 0 aromatic heterocycles. The zero-order valence-electron chi connectivity index (χ0n) is 18.7. The summed E-state index contributed by atoms with van der Waals surface area (Å²) in [6.07, 6.45) is 1.22. The molecule has 174 valence electrons. The number of hydrogen-bond acceptors (Lipinski definition) is 5. The van der Waals surface area contributed by atoms with E-state index in [0.717, 1.165) is 4.90 Å². The first-order chi connectivity index (χ1) is 14.5. The zero-order chi connectivity index (χ0) is 23.0. The Balaban J connectivity index is 1.62. The maximum Gasteiger partial charge on any atom is 0.258 e. The van der Waals surface area contributed by atoms with E-state index in [-0.39, 0.29) is 49.3 Å². The van der Waals surface area contributed by atoms with E-state index in [9.17, 15) is 28.7 Å². The lowest BCUT2D eigenvalue weighted by Gasteiger charge is -2.35. The van der Waals surface area contributed by atoms with Gasteiger partial charge >= 0.3 is 0 Å². The number of amides is 4. The molecule has 2 aliphatic heterocycles. The summed E-state index contributed by atoms with van der Waals surface area (Å²) in [5.74, 6) is -1.83. The van der Waals surface area contributed by atoms with Gasteiger partial charge in [0.25, 0.3) is 5.91 Å². The second-order valence-corrected chi connectivity index (χ2v) is 9.74. The van der Waals surface area contributed by atoms with E-state index in [4.69, 9.17) is 0 Å². The van der Waals surface area contributed by atoms with Crippen LogP contribution in [0.25, 0.3) is 0 Å². The van der Waals surface area contributed by atoms with Crippen molar-refractivity contribution in [3.63, 3.8) is 0 Å². The number of carbonyl (C=O) groups excluding carboxylic acids is 4. The summed E-state index contributed by atoms with van der Waals surface area (Å²) in [6.45, 7) is 6.15. The largest absolute Gasteiger partial charge is 0.386 e. The van der Waals surface area contributed by atoms with Crippen LogP contribution in [0.15, 0.2) is 0 Å². The van der Waals surface area contributed by atoms with Gasteiger partial charge in [0.2, 0.25) is 23.9 Å². The van der Waals surface area contributed by atoms with E-state index in [2.05, 4.69) is 5.32 Å². The van der Waals surface area contributed by atoms with Crippen LogP contribution in [-0.4, -0.2) is 75.0 Å². The number of nitrogens with one attached hydrogen (secondary N) is 1. The topological polar surface area (TPSA) is 107 Å². The number of carbonyl (C=O) groups is 4. The van der Waals surface area contributed by atoms with Crippen molar-refractivity contribution >= 4 is 23.6 Å². The van der Waals surface area contributed by atoms with Gasteiger partial charge in [-0.2, -0.15) is 0 Å². The van der Waals surface area contributed by atoms with Gasteiger partial charge in [-0.25, -0.2) is 4.39 Å². The minimum Gasteiger partial charge on any atom is -0.386 e. The quantitative estimate of drug-likeness (QED) is 0.582. The van der Waals surface area contributed by atoms with Crippen molar-refractivity contribution in [3.8, 4) is 0 Å². The third kappa shape index (κ3) is 4.61. The van der Waals surface area contributed by atoms with Gasteiger partial charge in [-0.1, -0.05) is 19.8 Å². The molecule has 0 spiro atoms. The Morgan fingerprint density at radius 3 is 2.35 bits per heavy atom. The summed E-state index contributed by atoms with van der Waals surface area (Å²) >= 11 is 0. The predicted octanol–water partition coefficient (Wildman–Crippen LogP) is 1.30. The van der Waals surface area contributed by atoms with Crippen LogP contribution >= 0.6 is 0 Å². The van der Waals surface area contributed by atoms with Gasteiger partial charge < -0.3 is 15.3 Å². The maximum atomic E-state index is 14.7. The van der Waals surface area contributed by atoms with Crippen LogP contribution in [0.5, 0.6) is 0 Å². The highest BCUT2D eigenvalue weighted by atomic mass is 19.1. The first kappa shape index (κ1) is 23.6.